The van der Waals surface area contributed by atoms with Gasteiger partial charge in [-0.05, 0) is 56.1 Å². The van der Waals surface area contributed by atoms with E-state index in [4.69, 9.17) is 0 Å². The molecule has 1 aliphatic heterocycles. The number of amides is 1. The number of carbonyl (C=O) groups is 1. The second-order valence-corrected chi connectivity index (χ2v) is 7.40. The third kappa shape index (κ3) is 4.57. The van der Waals surface area contributed by atoms with Gasteiger partial charge in [-0.25, -0.2) is 4.98 Å². The predicted molar refractivity (Wildman–Crippen MR) is 109 cm³/mol. The number of aryl methyl sites for hydroxylation is 1. The Morgan fingerprint density at radius 3 is 2.82 bits per heavy atom. The molecule has 3 aromatic heterocycles. The number of piperidine rings is 1. The number of aromatic nitrogens is 3. The first kappa shape index (κ1) is 18.6. The Morgan fingerprint density at radius 2 is 2.04 bits per heavy atom. The fourth-order valence-electron chi connectivity index (χ4n) is 3.91. The quantitative estimate of drug-likeness (QED) is 0.688. The van der Waals surface area contributed by atoms with E-state index < -0.39 is 0 Å². The van der Waals surface area contributed by atoms with Gasteiger partial charge >= 0.3 is 0 Å². The number of imidazole rings is 1. The number of fused-ring (bicyclic) bond motifs is 1. The fraction of sp³-hybridized carbons (Fsp3) is 0.409. The molecular formula is C22H27N5O. The molecule has 1 N–H and O–H groups in total. The van der Waals surface area contributed by atoms with Gasteiger partial charge in [0.2, 0.25) is 5.91 Å². The second kappa shape index (κ2) is 8.97. The van der Waals surface area contributed by atoms with Crippen LogP contribution in [0.2, 0.25) is 0 Å². The van der Waals surface area contributed by atoms with Crippen LogP contribution < -0.4 is 5.32 Å². The van der Waals surface area contributed by atoms with Gasteiger partial charge in [-0.1, -0.05) is 18.6 Å². The number of nitrogens with one attached hydrogen (secondary N) is 1. The maximum Gasteiger partial charge on any atom is 0.220 e. The normalized spacial score (nSPS) is 16.1. The van der Waals surface area contributed by atoms with Crippen LogP contribution in [0.25, 0.3) is 5.65 Å². The van der Waals surface area contributed by atoms with Gasteiger partial charge in [0.15, 0.2) is 0 Å². The molecule has 1 amide bonds. The number of hydrogen-bond acceptors (Lipinski definition) is 4. The van der Waals surface area contributed by atoms with Crippen LogP contribution >= 0.6 is 0 Å². The average molecular weight is 377 g/mol. The Kier molecular flexibility index (Phi) is 5.97. The zero-order valence-corrected chi connectivity index (χ0v) is 16.1. The lowest BCUT2D eigenvalue weighted by Gasteiger charge is -2.34. The van der Waals surface area contributed by atoms with Crippen LogP contribution in [0, 0.1) is 0 Å². The van der Waals surface area contributed by atoms with Crippen molar-refractivity contribution >= 4 is 11.6 Å². The van der Waals surface area contributed by atoms with Crippen LogP contribution in [0.5, 0.6) is 0 Å². The van der Waals surface area contributed by atoms with Gasteiger partial charge in [-0.15, -0.1) is 0 Å². The molecule has 4 heterocycles. The summed E-state index contributed by atoms with van der Waals surface area (Å²) in [7, 11) is 0. The highest BCUT2D eigenvalue weighted by molar-refractivity contribution is 5.76. The van der Waals surface area contributed by atoms with Crippen LogP contribution in [0.15, 0.2) is 55.1 Å². The van der Waals surface area contributed by atoms with E-state index in [1.165, 1.54) is 24.8 Å². The number of likely N-dealkylation sites (tertiary alicyclic amines) is 1. The van der Waals surface area contributed by atoms with Crippen molar-refractivity contribution in [2.24, 2.45) is 0 Å². The van der Waals surface area contributed by atoms with E-state index >= 15 is 0 Å². The van der Waals surface area contributed by atoms with Crippen molar-refractivity contribution in [1.82, 2.24) is 24.6 Å². The summed E-state index contributed by atoms with van der Waals surface area (Å²) in [4.78, 5) is 23.8. The largest absolute Gasteiger partial charge is 0.354 e. The molecule has 0 aliphatic carbocycles. The van der Waals surface area contributed by atoms with Gasteiger partial charge < -0.3 is 9.72 Å². The third-order valence-electron chi connectivity index (χ3n) is 5.42. The standard InChI is InChI=1S/C22H27N5O/c28-22(10-9-19-17-27-14-5-2-8-21(27)25-19)24-16-20(18-7-6-11-23-15-18)26-12-3-1-4-13-26/h2,5-8,11,14-15,17,20H,1,3-4,9-10,12-13,16H2,(H,24,28)/t20-/m1/s1. The lowest BCUT2D eigenvalue weighted by atomic mass is 10.0. The highest BCUT2D eigenvalue weighted by Crippen LogP contribution is 2.23. The Bertz CT molecular complexity index is 868. The van der Waals surface area contributed by atoms with Gasteiger partial charge in [0.1, 0.15) is 5.65 Å². The highest BCUT2D eigenvalue weighted by atomic mass is 16.1. The summed E-state index contributed by atoms with van der Waals surface area (Å²) in [5, 5.41) is 3.14. The molecule has 4 rings (SSSR count). The lowest BCUT2D eigenvalue weighted by Crippen LogP contribution is -2.40. The highest BCUT2D eigenvalue weighted by Gasteiger charge is 2.23. The molecule has 0 bridgehead atoms. The van der Waals surface area contributed by atoms with Crippen molar-refractivity contribution in [2.45, 2.75) is 38.1 Å². The Hall–Kier alpha value is -2.73. The minimum Gasteiger partial charge on any atom is -0.354 e. The summed E-state index contributed by atoms with van der Waals surface area (Å²) < 4.78 is 1.99. The molecule has 3 aromatic rings. The molecule has 1 atom stereocenters. The minimum absolute atomic E-state index is 0.0722. The van der Waals surface area contributed by atoms with E-state index in [1.54, 1.807) is 6.20 Å². The molecule has 0 saturated carbocycles. The van der Waals surface area contributed by atoms with Crippen molar-refractivity contribution in [1.29, 1.82) is 0 Å². The van der Waals surface area contributed by atoms with E-state index in [0.717, 1.165) is 24.4 Å². The Balaban J connectivity index is 1.34. The maximum absolute atomic E-state index is 12.5. The van der Waals surface area contributed by atoms with Crippen LogP contribution in [0.4, 0.5) is 0 Å². The molecule has 6 nitrogen and oxygen atoms in total. The molecule has 6 heteroatoms. The lowest BCUT2D eigenvalue weighted by molar-refractivity contribution is -0.121. The van der Waals surface area contributed by atoms with E-state index in [-0.39, 0.29) is 11.9 Å². The Morgan fingerprint density at radius 1 is 1.14 bits per heavy atom. The number of carbonyl (C=O) groups excluding carboxylic acids is 1. The van der Waals surface area contributed by atoms with Gasteiger partial charge in [0.25, 0.3) is 0 Å². The molecule has 146 valence electrons. The molecule has 0 unspecified atom stereocenters. The Labute approximate surface area is 165 Å². The average Bonchev–Trinajstić information content (AvgIpc) is 3.17. The molecule has 0 radical (unpaired) electrons. The first-order valence-corrected chi connectivity index (χ1v) is 10.1. The monoisotopic (exact) mass is 377 g/mol. The molecule has 0 spiro atoms. The van der Waals surface area contributed by atoms with Crippen molar-refractivity contribution in [3.8, 4) is 0 Å². The van der Waals surface area contributed by atoms with E-state index in [2.05, 4.69) is 26.3 Å². The van der Waals surface area contributed by atoms with Crippen molar-refractivity contribution < 1.29 is 4.79 Å². The van der Waals surface area contributed by atoms with E-state index in [9.17, 15) is 4.79 Å². The summed E-state index contributed by atoms with van der Waals surface area (Å²) >= 11 is 0. The second-order valence-electron chi connectivity index (χ2n) is 7.40. The van der Waals surface area contributed by atoms with Gasteiger partial charge in [0.05, 0.1) is 11.7 Å². The molecule has 0 aromatic carbocycles. The first-order valence-electron chi connectivity index (χ1n) is 10.1. The molecule has 1 fully saturated rings. The van der Waals surface area contributed by atoms with Gasteiger partial charge in [-0.3, -0.25) is 14.7 Å². The predicted octanol–water partition coefficient (Wildman–Crippen LogP) is 3.01. The molecular weight excluding hydrogens is 350 g/mol. The zero-order chi connectivity index (χ0) is 19.2. The molecule has 1 saturated heterocycles. The summed E-state index contributed by atoms with van der Waals surface area (Å²) in [5.74, 6) is 0.0722. The van der Waals surface area contributed by atoms with Gasteiger partial charge in [-0.2, -0.15) is 0 Å². The van der Waals surface area contributed by atoms with Gasteiger partial charge in [0, 0.05) is 37.8 Å². The first-order chi connectivity index (χ1) is 13.8. The number of nitrogens with zero attached hydrogens (tertiary/aromatic N) is 4. The van der Waals surface area contributed by atoms with Crippen LogP contribution in [-0.4, -0.2) is 44.8 Å². The number of hydrogen-bond donors (Lipinski definition) is 1. The van der Waals surface area contributed by atoms with Crippen molar-refractivity contribution in [3.63, 3.8) is 0 Å². The number of rotatable bonds is 7. The topological polar surface area (TPSA) is 62.5 Å². The van der Waals surface area contributed by atoms with Crippen molar-refractivity contribution in [3.05, 3.63) is 66.4 Å². The summed E-state index contributed by atoms with van der Waals surface area (Å²) in [6.45, 7) is 2.78. The smallest absolute Gasteiger partial charge is 0.220 e. The maximum atomic E-state index is 12.5. The minimum atomic E-state index is 0.0722. The number of pyridine rings is 2. The zero-order valence-electron chi connectivity index (χ0n) is 16.1. The van der Waals surface area contributed by atoms with Crippen LogP contribution in [-0.2, 0) is 11.2 Å². The fourth-order valence-corrected chi connectivity index (χ4v) is 3.91. The van der Waals surface area contributed by atoms with Crippen LogP contribution in [0.1, 0.15) is 43.0 Å². The summed E-state index contributed by atoms with van der Waals surface area (Å²) in [6.07, 6.45) is 12.5. The molecule has 1 aliphatic rings. The van der Waals surface area contributed by atoms with E-state index in [0.29, 0.717) is 19.4 Å². The molecule has 28 heavy (non-hydrogen) atoms. The van der Waals surface area contributed by atoms with E-state index in [1.807, 2.05) is 47.3 Å². The van der Waals surface area contributed by atoms with Crippen molar-refractivity contribution in [2.75, 3.05) is 19.6 Å². The summed E-state index contributed by atoms with van der Waals surface area (Å²) in [5.41, 5.74) is 3.03. The summed E-state index contributed by atoms with van der Waals surface area (Å²) in [6, 6.07) is 10.2. The van der Waals surface area contributed by atoms with Crippen LogP contribution in [0.3, 0.4) is 0 Å². The SMILES string of the molecule is O=C(CCc1cn2ccccc2n1)NC[C@H](c1cccnc1)N1CCCCC1. The third-order valence-corrected chi connectivity index (χ3v) is 5.42.